The number of rotatable bonds is 4. The van der Waals surface area contributed by atoms with Crippen LogP contribution in [0.4, 0.5) is 11.6 Å². The van der Waals surface area contributed by atoms with Crippen LogP contribution in [-0.2, 0) is 13.6 Å². The quantitative estimate of drug-likeness (QED) is 0.705. The standard InChI is InChI=1S/C11H17N7/c1-17-8(4-10(12)16-17)7-14-11-2-3-15-18(11)9-5-13-6-9/h2-4,9,13-14H,5-7H2,1H3,(H2,12,16). The van der Waals surface area contributed by atoms with Gasteiger partial charge in [-0.15, -0.1) is 0 Å². The number of anilines is 2. The van der Waals surface area contributed by atoms with Crippen molar-refractivity contribution in [3.63, 3.8) is 0 Å². The van der Waals surface area contributed by atoms with Crippen molar-refractivity contribution in [2.45, 2.75) is 12.6 Å². The topological polar surface area (TPSA) is 85.7 Å². The maximum absolute atomic E-state index is 5.65. The van der Waals surface area contributed by atoms with Crippen LogP contribution < -0.4 is 16.4 Å². The van der Waals surface area contributed by atoms with Crippen molar-refractivity contribution in [3.8, 4) is 0 Å². The third-order valence-corrected chi connectivity index (χ3v) is 3.22. The molecule has 0 saturated carbocycles. The molecule has 4 N–H and O–H groups in total. The number of nitrogen functional groups attached to an aromatic ring is 1. The lowest BCUT2D eigenvalue weighted by Gasteiger charge is -2.28. The van der Waals surface area contributed by atoms with Crippen molar-refractivity contribution in [3.05, 3.63) is 24.0 Å². The Hall–Kier alpha value is -2.02. The zero-order valence-corrected chi connectivity index (χ0v) is 10.3. The second-order valence-electron chi connectivity index (χ2n) is 4.51. The van der Waals surface area contributed by atoms with E-state index in [4.69, 9.17) is 5.73 Å². The number of nitrogens with zero attached hydrogens (tertiary/aromatic N) is 4. The highest BCUT2D eigenvalue weighted by atomic mass is 15.4. The maximum Gasteiger partial charge on any atom is 0.145 e. The minimum absolute atomic E-state index is 0.458. The Morgan fingerprint density at radius 3 is 3.00 bits per heavy atom. The first kappa shape index (κ1) is 11.1. The third-order valence-electron chi connectivity index (χ3n) is 3.22. The van der Waals surface area contributed by atoms with Crippen molar-refractivity contribution in [1.82, 2.24) is 24.9 Å². The van der Waals surface area contributed by atoms with Gasteiger partial charge in [0.25, 0.3) is 0 Å². The van der Waals surface area contributed by atoms with Crippen molar-refractivity contribution < 1.29 is 0 Å². The highest BCUT2D eigenvalue weighted by Gasteiger charge is 2.21. The molecule has 0 aliphatic carbocycles. The molecule has 0 aromatic carbocycles. The van der Waals surface area contributed by atoms with Gasteiger partial charge >= 0.3 is 0 Å². The van der Waals surface area contributed by atoms with E-state index in [0.717, 1.165) is 24.6 Å². The molecule has 1 fully saturated rings. The highest BCUT2D eigenvalue weighted by molar-refractivity contribution is 5.37. The summed E-state index contributed by atoms with van der Waals surface area (Å²) in [5.41, 5.74) is 6.70. The molecule has 3 rings (SSSR count). The van der Waals surface area contributed by atoms with E-state index in [1.54, 1.807) is 4.68 Å². The molecule has 1 saturated heterocycles. The van der Waals surface area contributed by atoms with Crippen LogP contribution in [0.5, 0.6) is 0 Å². The number of nitrogens with one attached hydrogen (secondary N) is 2. The van der Waals surface area contributed by atoms with Crippen LogP contribution in [0.2, 0.25) is 0 Å². The predicted octanol–water partition coefficient (Wildman–Crippen LogP) is -0.0448. The largest absolute Gasteiger partial charge is 0.382 e. The van der Waals surface area contributed by atoms with Crippen molar-refractivity contribution in [2.75, 3.05) is 24.1 Å². The molecule has 1 aliphatic heterocycles. The molecular formula is C11H17N7. The Morgan fingerprint density at radius 1 is 1.56 bits per heavy atom. The van der Waals surface area contributed by atoms with Gasteiger partial charge in [-0.25, -0.2) is 4.68 Å². The van der Waals surface area contributed by atoms with Gasteiger partial charge in [-0.2, -0.15) is 10.2 Å². The molecule has 0 bridgehead atoms. The second kappa shape index (κ2) is 4.34. The van der Waals surface area contributed by atoms with Crippen LogP contribution in [-0.4, -0.2) is 32.7 Å². The van der Waals surface area contributed by atoms with Crippen LogP contribution >= 0.6 is 0 Å². The van der Waals surface area contributed by atoms with Gasteiger partial charge in [-0.05, 0) is 0 Å². The summed E-state index contributed by atoms with van der Waals surface area (Å²) in [6.45, 7) is 2.65. The molecule has 0 radical (unpaired) electrons. The van der Waals surface area contributed by atoms with E-state index >= 15 is 0 Å². The minimum atomic E-state index is 0.458. The lowest BCUT2D eigenvalue weighted by atomic mass is 10.2. The summed E-state index contributed by atoms with van der Waals surface area (Å²) in [6.07, 6.45) is 1.82. The molecule has 2 aromatic rings. The summed E-state index contributed by atoms with van der Waals surface area (Å²) in [5, 5.41) is 15.1. The lowest BCUT2D eigenvalue weighted by Crippen LogP contribution is -2.44. The van der Waals surface area contributed by atoms with Crippen molar-refractivity contribution in [1.29, 1.82) is 0 Å². The molecule has 18 heavy (non-hydrogen) atoms. The van der Waals surface area contributed by atoms with E-state index in [-0.39, 0.29) is 0 Å². The predicted molar refractivity (Wildman–Crippen MR) is 69.1 cm³/mol. The SMILES string of the molecule is Cn1nc(N)cc1CNc1ccnn1C1CNC1. The molecular weight excluding hydrogens is 230 g/mol. The Morgan fingerprint density at radius 2 is 2.39 bits per heavy atom. The third kappa shape index (κ3) is 1.92. The fourth-order valence-electron chi connectivity index (χ4n) is 2.07. The summed E-state index contributed by atoms with van der Waals surface area (Å²) >= 11 is 0. The molecule has 7 nitrogen and oxygen atoms in total. The normalized spacial score (nSPS) is 15.6. The first-order valence-corrected chi connectivity index (χ1v) is 6.00. The first-order chi connectivity index (χ1) is 8.74. The van der Waals surface area contributed by atoms with E-state index in [1.165, 1.54) is 0 Å². The fraction of sp³-hybridized carbons (Fsp3) is 0.455. The average molecular weight is 247 g/mol. The average Bonchev–Trinajstić information content (AvgIpc) is 2.81. The Kier molecular flexibility index (Phi) is 2.67. The number of nitrogens with two attached hydrogens (primary N) is 1. The molecule has 1 aliphatic rings. The van der Waals surface area contributed by atoms with E-state index in [2.05, 4.69) is 20.8 Å². The number of hydrogen-bond acceptors (Lipinski definition) is 5. The van der Waals surface area contributed by atoms with Crippen LogP contribution in [0.15, 0.2) is 18.3 Å². The first-order valence-electron chi connectivity index (χ1n) is 6.00. The zero-order valence-electron chi connectivity index (χ0n) is 10.3. The van der Waals surface area contributed by atoms with Gasteiger partial charge in [0.1, 0.15) is 11.6 Å². The molecule has 2 aromatic heterocycles. The molecule has 0 unspecified atom stereocenters. The van der Waals surface area contributed by atoms with Crippen LogP contribution in [0.3, 0.4) is 0 Å². The Labute approximate surface area is 105 Å². The lowest BCUT2D eigenvalue weighted by molar-refractivity contribution is 0.321. The maximum atomic E-state index is 5.65. The van der Waals surface area contributed by atoms with Gasteiger partial charge in [0, 0.05) is 32.3 Å². The Bertz CT molecular complexity index is 537. The molecule has 0 spiro atoms. The molecule has 0 amide bonds. The highest BCUT2D eigenvalue weighted by Crippen LogP contribution is 2.18. The van der Waals surface area contributed by atoms with Crippen molar-refractivity contribution >= 4 is 11.6 Å². The van der Waals surface area contributed by atoms with E-state index in [9.17, 15) is 0 Å². The summed E-state index contributed by atoms with van der Waals surface area (Å²) in [5.74, 6) is 1.58. The molecule has 3 heterocycles. The molecule has 0 atom stereocenters. The second-order valence-corrected chi connectivity index (χ2v) is 4.51. The summed E-state index contributed by atoms with van der Waals surface area (Å²) < 4.78 is 3.81. The monoisotopic (exact) mass is 247 g/mol. The van der Waals surface area contributed by atoms with Gasteiger partial charge in [-0.1, -0.05) is 0 Å². The molecule has 96 valence electrons. The van der Waals surface area contributed by atoms with Gasteiger partial charge in [0.15, 0.2) is 0 Å². The minimum Gasteiger partial charge on any atom is -0.382 e. The van der Waals surface area contributed by atoms with Gasteiger partial charge < -0.3 is 16.4 Å². The number of hydrogen-bond donors (Lipinski definition) is 3. The van der Waals surface area contributed by atoms with Crippen molar-refractivity contribution in [2.24, 2.45) is 7.05 Å². The van der Waals surface area contributed by atoms with Crippen LogP contribution in [0, 0.1) is 0 Å². The van der Waals surface area contributed by atoms with Crippen LogP contribution in [0.1, 0.15) is 11.7 Å². The van der Waals surface area contributed by atoms with Crippen LogP contribution in [0.25, 0.3) is 0 Å². The van der Waals surface area contributed by atoms with Gasteiger partial charge in [0.05, 0.1) is 24.5 Å². The number of aryl methyl sites for hydroxylation is 1. The van der Waals surface area contributed by atoms with E-state index in [1.807, 2.05) is 30.1 Å². The Balaban J connectivity index is 1.69. The fourth-order valence-corrected chi connectivity index (χ4v) is 2.07. The van der Waals surface area contributed by atoms with Gasteiger partial charge in [0.2, 0.25) is 0 Å². The van der Waals surface area contributed by atoms with E-state index in [0.29, 0.717) is 18.4 Å². The summed E-state index contributed by atoms with van der Waals surface area (Å²) in [4.78, 5) is 0. The van der Waals surface area contributed by atoms with Gasteiger partial charge in [-0.3, -0.25) is 4.68 Å². The summed E-state index contributed by atoms with van der Waals surface area (Å²) in [7, 11) is 1.89. The number of aromatic nitrogens is 4. The molecule has 7 heteroatoms. The summed E-state index contributed by atoms with van der Waals surface area (Å²) in [6, 6.07) is 4.32. The van der Waals surface area contributed by atoms with E-state index < -0.39 is 0 Å². The smallest absolute Gasteiger partial charge is 0.145 e. The zero-order chi connectivity index (χ0) is 12.5.